The Hall–Kier alpha value is -1.46. The second-order valence-electron chi connectivity index (χ2n) is 3.83. The normalized spacial score (nSPS) is 10.4. The van der Waals surface area contributed by atoms with Crippen LogP contribution in [0.3, 0.4) is 0 Å². The molecule has 18 heavy (non-hydrogen) atoms. The Morgan fingerprint density at radius 3 is 2.61 bits per heavy atom. The lowest BCUT2D eigenvalue weighted by atomic mass is 10.2. The molecule has 0 aliphatic rings. The Labute approximate surface area is 113 Å². The molecule has 0 bridgehead atoms. The van der Waals surface area contributed by atoms with Crippen LogP contribution in [0.2, 0.25) is 0 Å². The zero-order chi connectivity index (χ0) is 13.1. The van der Waals surface area contributed by atoms with Crippen molar-refractivity contribution in [1.82, 2.24) is 4.98 Å². The number of hydrogen-bond acceptors (Lipinski definition) is 3. The van der Waals surface area contributed by atoms with Gasteiger partial charge in [-0.3, -0.25) is 0 Å². The predicted octanol–water partition coefficient (Wildman–Crippen LogP) is 3.24. The molecular weight excluding hydrogens is 299 g/mol. The fraction of sp³-hybridized carbons (Fsp3) is 0.154. The highest BCUT2D eigenvalue weighted by molar-refractivity contribution is 9.10. The van der Waals surface area contributed by atoms with Gasteiger partial charge in [0.25, 0.3) is 0 Å². The molecule has 2 aromatic rings. The first kappa shape index (κ1) is 13.0. The van der Waals surface area contributed by atoms with E-state index in [-0.39, 0.29) is 12.4 Å². The van der Waals surface area contributed by atoms with Gasteiger partial charge in [0.05, 0.1) is 6.61 Å². The van der Waals surface area contributed by atoms with Gasteiger partial charge in [-0.15, -0.1) is 0 Å². The Kier molecular flexibility index (Phi) is 3.93. The molecule has 5 heteroatoms. The van der Waals surface area contributed by atoms with Crippen molar-refractivity contribution < 1.29 is 9.50 Å². The number of benzene rings is 1. The lowest BCUT2D eigenvalue weighted by molar-refractivity contribution is 0.282. The van der Waals surface area contributed by atoms with E-state index in [0.29, 0.717) is 11.4 Å². The van der Waals surface area contributed by atoms with Crippen molar-refractivity contribution in [3.05, 3.63) is 52.4 Å². The van der Waals surface area contributed by atoms with Crippen LogP contribution in [0.15, 0.2) is 41.0 Å². The van der Waals surface area contributed by atoms with Crippen LogP contribution >= 0.6 is 15.9 Å². The second-order valence-corrected chi connectivity index (χ2v) is 4.75. The molecule has 1 aromatic heterocycles. The molecule has 94 valence electrons. The van der Waals surface area contributed by atoms with Crippen LogP contribution in [0.5, 0.6) is 0 Å². The van der Waals surface area contributed by atoms with Crippen molar-refractivity contribution in [2.24, 2.45) is 0 Å². The minimum absolute atomic E-state index is 0.104. The van der Waals surface area contributed by atoms with Crippen molar-refractivity contribution in [2.45, 2.75) is 6.61 Å². The monoisotopic (exact) mass is 310 g/mol. The topological polar surface area (TPSA) is 36.4 Å². The summed E-state index contributed by atoms with van der Waals surface area (Å²) in [4.78, 5) is 6.08. The van der Waals surface area contributed by atoms with Crippen LogP contribution in [0.4, 0.5) is 15.9 Å². The van der Waals surface area contributed by atoms with Gasteiger partial charge >= 0.3 is 0 Å². The maximum Gasteiger partial charge on any atom is 0.138 e. The maximum absolute atomic E-state index is 12.9. The van der Waals surface area contributed by atoms with E-state index in [2.05, 4.69) is 20.9 Å². The summed E-state index contributed by atoms with van der Waals surface area (Å²) >= 11 is 3.31. The Morgan fingerprint density at radius 1 is 1.33 bits per heavy atom. The zero-order valence-corrected chi connectivity index (χ0v) is 11.4. The van der Waals surface area contributed by atoms with Gasteiger partial charge in [0.15, 0.2) is 0 Å². The number of pyridine rings is 1. The van der Waals surface area contributed by atoms with E-state index in [9.17, 15) is 9.50 Å². The minimum atomic E-state index is -0.279. The van der Waals surface area contributed by atoms with Gasteiger partial charge in [0.2, 0.25) is 0 Å². The first-order valence-corrected chi connectivity index (χ1v) is 6.15. The molecule has 0 amide bonds. The third kappa shape index (κ3) is 2.68. The highest BCUT2D eigenvalue weighted by Crippen LogP contribution is 2.27. The second kappa shape index (κ2) is 5.46. The quantitative estimate of drug-likeness (QED) is 0.945. The number of halogens is 2. The summed E-state index contributed by atoms with van der Waals surface area (Å²) in [5, 5.41) is 9.34. The van der Waals surface area contributed by atoms with E-state index in [4.69, 9.17) is 0 Å². The number of aliphatic hydroxyl groups is 1. The Balaban J connectivity index is 2.39. The molecule has 0 aliphatic heterocycles. The summed E-state index contributed by atoms with van der Waals surface area (Å²) < 4.78 is 13.7. The smallest absolute Gasteiger partial charge is 0.138 e. The van der Waals surface area contributed by atoms with Crippen LogP contribution in [0.25, 0.3) is 0 Å². The zero-order valence-electron chi connectivity index (χ0n) is 9.77. The number of rotatable bonds is 3. The van der Waals surface area contributed by atoms with Gasteiger partial charge in [-0.25, -0.2) is 9.37 Å². The van der Waals surface area contributed by atoms with Crippen LogP contribution < -0.4 is 4.90 Å². The van der Waals surface area contributed by atoms with Gasteiger partial charge in [-0.1, -0.05) is 0 Å². The Morgan fingerprint density at radius 2 is 2.00 bits per heavy atom. The summed E-state index contributed by atoms with van der Waals surface area (Å²) in [6.07, 6.45) is 1.66. The summed E-state index contributed by atoms with van der Waals surface area (Å²) in [6.45, 7) is -0.104. The fourth-order valence-corrected chi connectivity index (χ4v) is 2.06. The van der Waals surface area contributed by atoms with Crippen molar-refractivity contribution in [3.8, 4) is 0 Å². The van der Waals surface area contributed by atoms with Crippen LogP contribution in [0, 0.1) is 5.82 Å². The highest BCUT2D eigenvalue weighted by atomic mass is 79.9. The molecule has 0 saturated carbocycles. The van der Waals surface area contributed by atoms with E-state index >= 15 is 0 Å². The third-order valence-corrected chi connectivity index (χ3v) is 3.05. The summed E-state index contributed by atoms with van der Waals surface area (Å²) in [5.74, 6) is 0.366. The molecule has 0 fully saturated rings. The average molecular weight is 311 g/mol. The van der Waals surface area contributed by atoms with E-state index < -0.39 is 0 Å². The molecular formula is C13H12BrFN2O. The number of nitrogens with zero attached hydrogens (tertiary/aromatic N) is 2. The van der Waals surface area contributed by atoms with E-state index in [1.54, 1.807) is 23.2 Å². The van der Waals surface area contributed by atoms with Crippen molar-refractivity contribution >= 4 is 27.4 Å². The van der Waals surface area contributed by atoms with Crippen LogP contribution in [-0.4, -0.2) is 17.1 Å². The first-order valence-electron chi connectivity index (χ1n) is 5.36. The molecule has 0 aliphatic carbocycles. The minimum Gasteiger partial charge on any atom is -0.392 e. The maximum atomic E-state index is 12.9. The van der Waals surface area contributed by atoms with Crippen LogP contribution in [0.1, 0.15) is 5.56 Å². The molecule has 0 radical (unpaired) electrons. The van der Waals surface area contributed by atoms with Gasteiger partial charge < -0.3 is 10.0 Å². The van der Waals surface area contributed by atoms with Crippen molar-refractivity contribution in [1.29, 1.82) is 0 Å². The molecule has 1 aromatic carbocycles. The standard InChI is InChI=1S/C13H12BrFN2O/c1-17(12-4-2-11(15)3-5-12)13-9(8-18)6-10(14)7-16-13/h2-7,18H,8H2,1H3. The summed E-state index contributed by atoms with van der Waals surface area (Å²) in [7, 11) is 1.82. The van der Waals surface area contributed by atoms with Crippen LogP contribution in [-0.2, 0) is 6.61 Å². The molecule has 3 nitrogen and oxygen atoms in total. The number of anilines is 2. The molecule has 0 unspecified atom stereocenters. The molecule has 0 spiro atoms. The molecule has 2 rings (SSSR count). The van der Waals surface area contributed by atoms with E-state index in [1.807, 2.05) is 13.1 Å². The largest absolute Gasteiger partial charge is 0.392 e. The van der Waals surface area contributed by atoms with Gasteiger partial charge in [-0.05, 0) is 46.3 Å². The van der Waals surface area contributed by atoms with Gasteiger partial charge in [0, 0.05) is 29.0 Å². The highest BCUT2D eigenvalue weighted by Gasteiger charge is 2.11. The molecule has 0 saturated heterocycles. The fourth-order valence-electron chi connectivity index (χ4n) is 1.68. The average Bonchev–Trinajstić information content (AvgIpc) is 2.38. The Bertz CT molecular complexity index is 545. The van der Waals surface area contributed by atoms with E-state index in [0.717, 1.165) is 10.2 Å². The number of aromatic nitrogens is 1. The third-order valence-electron chi connectivity index (χ3n) is 2.61. The number of hydrogen-bond donors (Lipinski definition) is 1. The summed E-state index contributed by atoms with van der Waals surface area (Å²) in [6, 6.07) is 7.93. The van der Waals surface area contributed by atoms with Crippen molar-refractivity contribution in [2.75, 3.05) is 11.9 Å². The predicted molar refractivity (Wildman–Crippen MR) is 72.3 cm³/mol. The van der Waals surface area contributed by atoms with Gasteiger partial charge in [0.1, 0.15) is 11.6 Å². The summed E-state index contributed by atoms with van der Waals surface area (Å²) in [5.41, 5.74) is 1.51. The molecule has 1 N–H and O–H groups in total. The van der Waals surface area contributed by atoms with Gasteiger partial charge in [-0.2, -0.15) is 0 Å². The van der Waals surface area contributed by atoms with Crippen molar-refractivity contribution in [3.63, 3.8) is 0 Å². The first-order chi connectivity index (χ1) is 8.61. The van der Waals surface area contributed by atoms with E-state index in [1.165, 1.54) is 12.1 Å². The number of aliphatic hydroxyl groups excluding tert-OH is 1. The lowest BCUT2D eigenvalue weighted by Crippen LogP contribution is -2.13. The SMILES string of the molecule is CN(c1ccc(F)cc1)c1ncc(Br)cc1CO. The molecule has 0 atom stereocenters. The lowest BCUT2D eigenvalue weighted by Gasteiger charge is -2.20. The molecule has 1 heterocycles.